The summed E-state index contributed by atoms with van der Waals surface area (Å²) in [5, 5.41) is 0. The summed E-state index contributed by atoms with van der Waals surface area (Å²) in [6.07, 6.45) is 0.539. The summed E-state index contributed by atoms with van der Waals surface area (Å²) in [5.74, 6) is 0.218. The van der Waals surface area contributed by atoms with E-state index in [-0.39, 0.29) is 30.0 Å². The first-order valence-electron chi connectivity index (χ1n) is 7.44. The molecule has 1 atom stereocenters. The number of hydrogen-bond acceptors (Lipinski definition) is 4. The van der Waals surface area contributed by atoms with Gasteiger partial charge in [-0.1, -0.05) is 12.1 Å². The predicted octanol–water partition coefficient (Wildman–Crippen LogP) is 1.39. The van der Waals surface area contributed by atoms with Crippen LogP contribution in [0.1, 0.15) is 17.5 Å². The average Bonchev–Trinajstić information content (AvgIpc) is 2.81. The SMILES string of the molecule is Cc1cccc(N(C)CC(=O)N(C)[C@H]2CCS(=O)(=O)C2)c1C. The third-order valence-electron chi connectivity index (χ3n) is 4.51. The molecule has 0 saturated carbocycles. The number of benzene rings is 1. The zero-order valence-corrected chi connectivity index (χ0v) is 14.5. The van der Waals surface area contributed by atoms with Crippen LogP contribution in [0.4, 0.5) is 5.69 Å². The fourth-order valence-corrected chi connectivity index (χ4v) is 4.61. The van der Waals surface area contributed by atoms with E-state index < -0.39 is 9.84 Å². The minimum absolute atomic E-state index is 0.0505. The van der Waals surface area contributed by atoms with Crippen molar-refractivity contribution in [3.05, 3.63) is 29.3 Å². The van der Waals surface area contributed by atoms with Crippen molar-refractivity contribution in [2.24, 2.45) is 0 Å². The third-order valence-corrected chi connectivity index (χ3v) is 6.26. The van der Waals surface area contributed by atoms with Crippen molar-refractivity contribution >= 4 is 21.4 Å². The molecule has 1 fully saturated rings. The maximum absolute atomic E-state index is 12.4. The number of hydrogen-bond donors (Lipinski definition) is 0. The van der Waals surface area contributed by atoms with E-state index in [1.54, 1.807) is 11.9 Å². The van der Waals surface area contributed by atoms with Crippen molar-refractivity contribution in [3.63, 3.8) is 0 Å². The van der Waals surface area contributed by atoms with Gasteiger partial charge in [-0.05, 0) is 37.5 Å². The Morgan fingerprint density at radius 1 is 1.27 bits per heavy atom. The molecular weight excluding hydrogens is 300 g/mol. The maximum atomic E-state index is 12.4. The number of likely N-dealkylation sites (N-methyl/N-ethyl adjacent to an activating group) is 2. The number of carbonyl (C=O) groups is 1. The average molecular weight is 324 g/mol. The number of carbonyl (C=O) groups excluding carboxylic acids is 1. The Morgan fingerprint density at radius 3 is 2.55 bits per heavy atom. The quantitative estimate of drug-likeness (QED) is 0.840. The molecule has 1 aromatic carbocycles. The Hall–Kier alpha value is -1.56. The van der Waals surface area contributed by atoms with E-state index in [2.05, 4.69) is 0 Å². The second-order valence-electron chi connectivity index (χ2n) is 6.14. The summed E-state index contributed by atoms with van der Waals surface area (Å²) < 4.78 is 23.1. The molecule has 0 aromatic heterocycles. The summed E-state index contributed by atoms with van der Waals surface area (Å²) in [7, 11) is 0.613. The molecule has 0 spiro atoms. The lowest BCUT2D eigenvalue weighted by atomic mass is 10.1. The van der Waals surface area contributed by atoms with E-state index >= 15 is 0 Å². The van der Waals surface area contributed by atoms with Crippen molar-refractivity contribution in [1.29, 1.82) is 0 Å². The molecular formula is C16H24N2O3S. The van der Waals surface area contributed by atoms with Gasteiger partial charge in [-0.3, -0.25) is 4.79 Å². The smallest absolute Gasteiger partial charge is 0.242 e. The van der Waals surface area contributed by atoms with Gasteiger partial charge in [0, 0.05) is 25.8 Å². The van der Waals surface area contributed by atoms with Gasteiger partial charge in [0.05, 0.1) is 18.1 Å². The van der Waals surface area contributed by atoms with E-state index in [4.69, 9.17) is 0 Å². The molecule has 0 aliphatic carbocycles. The number of nitrogens with zero attached hydrogens (tertiary/aromatic N) is 2. The van der Waals surface area contributed by atoms with Crippen LogP contribution >= 0.6 is 0 Å². The first-order chi connectivity index (χ1) is 10.2. The highest BCUT2D eigenvalue weighted by Gasteiger charge is 2.32. The number of sulfone groups is 1. The largest absolute Gasteiger partial charge is 0.365 e. The molecule has 0 N–H and O–H groups in total. The number of amides is 1. The summed E-state index contributed by atoms with van der Waals surface area (Å²) in [6.45, 7) is 4.33. The highest BCUT2D eigenvalue weighted by molar-refractivity contribution is 7.91. The van der Waals surface area contributed by atoms with Crippen LogP contribution in [0.25, 0.3) is 0 Å². The summed E-state index contributed by atoms with van der Waals surface area (Å²) in [5.41, 5.74) is 3.37. The van der Waals surface area contributed by atoms with Crippen LogP contribution in [0.5, 0.6) is 0 Å². The summed E-state index contributed by atoms with van der Waals surface area (Å²) >= 11 is 0. The van der Waals surface area contributed by atoms with Gasteiger partial charge in [0.25, 0.3) is 0 Å². The lowest BCUT2D eigenvalue weighted by molar-refractivity contribution is -0.130. The van der Waals surface area contributed by atoms with Crippen molar-refractivity contribution in [3.8, 4) is 0 Å². The van der Waals surface area contributed by atoms with E-state index in [9.17, 15) is 13.2 Å². The van der Waals surface area contributed by atoms with E-state index in [1.807, 2.05) is 44.0 Å². The molecule has 122 valence electrons. The molecule has 6 heteroatoms. The summed E-state index contributed by atoms with van der Waals surface area (Å²) in [4.78, 5) is 15.9. The molecule has 1 amide bonds. The Morgan fingerprint density at radius 2 is 1.95 bits per heavy atom. The topological polar surface area (TPSA) is 57.7 Å². The van der Waals surface area contributed by atoms with Crippen molar-refractivity contribution in [2.45, 2.75) is 26.3 Å². The maximum Gasteiger partial charge on any atom is 0.242 e. The van der Waals surface area contributed by atoms with Crippen LogP contribution in [-0.2, 0) is 14.6 Å². The Kier molecular flexibility index (Phi) is 4.80. The molecule has 1 aromatic rings. The molecule has 0 radical (unpaired) electrons. The van der Waals surface area contributed by atoms with Gasteiger partial charge in [0.15, 0.2) is 9.84 Å². The first kappa shape index (κ1) is 16.8. The highest BCUT2D eigenvalue weighted by Crippen LogP contribution is 2.22. The van der Waals surface area contributed by atoms with Gasteiger partial charge in [0.1, 0.15) is 0 Å². The van der Waals surface area contributed by atoms with E-state index in [0.29, 0.717) is 6.42 Å². The second kappa shape index (κ2) is 6.28. The predicted molar refractivity (Wildman–Crippen MR) is 89.0 cm³/mol. The van der Waals surface area contributed by atoms with Gasteiger partial charge in [-0.25, -0.2) is 8.42 Å². The minimum Gasteiger partial charge on any atom is -0.365 e. The monoisotopic (exact) mass is 324 g/mol. The Bertz CT molecular complexity index is 670. The van der Waals surface area contributed by atoms with Gasteiger partial charge in [-0.15, -0.1) is 0 Å². The van der Waals surface area contributed by atoms with Crippen LogP contribution in [0.3, 0.4) is 0 Å². The van der Waals surface area contributed by atoms with E-state index in [1.165, 1.54) is 5.56 Å². The second-order valence-corrected chi connectivity index (χ2v) is 8.37. The van der Waals surface area contributed by atoms with Gasteiger partial charge < -0.3 is 9.80 Å². The molecule has 0 unspecified atom stereocenters. The fourth-order valence-electron chi connectivity index (χ4n) is 2.83. The molecule has 1 aliphatic heterocycles. The van der Waals surface area contributed by atoms with Gasteiger partial charge in [0.2, 0.25) is 5.91 Å². The Labute approximate surface area is 132 Å². The number of rotatable bonds is 4. The zero-order chi connectivity index (χ0) is 16.5. The minimum atomic E-state index is -2.97. The van der Waals surface area contributed by atoms with Crippen LogP contribution in [-0.4, -0.2) is 57.4 Å². The van der Waals surface area contributed by atoms with Crippen LogP contribution in [0.15, 0.2) is 18.2 Å². The Balaban J connectivity index is 2.04. The zero-order valence-electron chi connectivity index (χ0n) is 13.7. The lowest BCUT2D eigenvalue weighted by Gasteiger charge is -2.28. The molecule has 5 nitrogen and oxygen atoms in total. The fraction of sp³-hybridized carbons (Fsp3) is 0.562. The van der Waals surface area contributed by atoms with Crippen LogP contribution in [0.2, 0.25) is 0 Å². The third kappa shape index (κ3) is 3.61. The molecule has 1 heterocycles. The van der Waals surface area contributed by atoms with Crippen molar-refractivity contribution < 1.29 is 13.2 Å². The lowest BCUT2D eigenvalue weighted by Crippen LogP contribution is -2.43. The number of aryl methyl sites for hydroxylation is 1. The summed E-state index contributed by atoms with van der Waals surface area (Å²) in [6, 6.07) is 5.83. The standard InChI is InChI=1S/C16H24N2O3S/c1-12-6-5-7-15(13(12)2)17(3)10-16(19)18(4)14-8-9-22(20,21)11-14/h5-7,14H,8-11H2,1-4H3/t14-/m0/s1. The normalized spacial score (nSPS) is 19.9. The molecule has 22 heavy (non-hydrogen) atoms. The van der Waals surface area contributed by atoms with Gasteiger partial charge >= 0.3 is 0 Å². The number of anilines is 1. The van der Waals surface area contributed by atoms with E-state index in [0.717, 1.165) is 11.3 Å². The van der Waals surface area contributed by atoms with Crippen LogP contribution < -0.4 is 4.90 Å². The molecule has 1 saturated heterocycles. The van der Waals surface area contributed by atoms with Crippen LogP contribution in [0, 0.1) is 13.8 Å². The van der Waals surface area contributed by atoms with Crippen molar-refractivity contribution in [1.82, 2.24) is 4.90 Å². The molecule has 2 rings (SSSR count). The molecule has 1 aliphatic rings. The molecule has 0 bridgehead atoms. The first-order valence-corrected chi connectivity index (χ1v) is 9.27. The highest BCUT2D eigenvalue weighted by atomic mass is 32.2. The van der Waals surface area contributed by atoms with Crippen molar-refractivity contribution in [2.75, 3.05) is 37.0 Å². The van der Waals surface area contributed by atoms with Gasteiger partial charge in [-0.2, -0.15) is 0 Å².